The molecule has 1 fully saturated rings. The van der Waals surface area contributed by atoms with E-state index in [1.54, 1.807) is 22.5 Å². The molecule has 0 spiro atoms. The molecule has 2 aromatic rings. The standard InChI is InChI=1S/C19H22FN3OS/c1-10-9-12(20)7-8-13(10)16-14-15(11-5-6-11)22-23(4)17(14)21-18(24)19(2,3)25-16/h7-9,11,16H,5-6H2,1-4H3,(H,21,24). The molecule has 1 aliphatic heterocycles. The highest BCUT2D eigenvalue weighted by Gasteiger charge is 2.43. The molecule has 1 N–H and O–H groups in total. The fourth-order valence-electron chi connectivity index (χ4n) is 3.44. The largest absolute Gasteiger partial charge is 0.309 e. The van der Waals surface area contributed by atoms with Crippen LogP contribution in [-0.4, -0.2) is 20.4 Å². The number of aromatic nitrogens is 2. The van der Waals surface area contributed by atoms with Crippen LogP contribution in [0.1, 0.15) is 60.2 Å². The summed E-state index contributed by atoms with van der Waals surface area (Å²) >= 11 is 1.62. The lowest BCUT2D eigenvalue weighted by molar-refractivity contribution is -0.117. The molecule has 4 rings (SSSR count). The lowest BCUT2D eigenvalue weighted by Crippen LogP contribution is -2.33. The summed E-state index contributed by atoms with van der Waals surface area (Å²) < 4.78 is 14.8. The van der Waals surface area contributed by atoms with E-state index in [4.69, 9.17) is 5.10 Å². The monoisotopic (exact) mass is 359 g/mol. The average molecular weight is 359 g/mol. The Labute approximate surface area is 151 Å². The molecular formula is C19H22FN3OS. The average Bonchev–Trinajstić information content (AvgIpc) is 3.32. The number of nitrogens with one attached hydrogen (secondary N) is 1. The molecule has 132 valence electrons. The van der Waals surface area contributed by atoms with Crippen molar-refractivity contribution in [1.82, 2.24) is 9.78 Å². The molecule has 0 radical (unpaired) electrons. The normalized spacial score (nSPS) is 22.3. The minimum atomic E-state index is -0.592. The Kier molecular flexibility index (Phi) is 3.72. The second-order valence-corrected chi connectivity index (χ2v) is 9.24. The summed E-state index contributed by atoms with van der Waals surface area (Å²) in [5.41, 5.74) is 4.12. The molecular weight excluding hydrogens is 337 g/mol. The number of carbonyl (C=O) groups is 1. The molecule has 0 bridgehead atoms. The van der Waals surface area contributed by atoms with E-state index in [-0.39, 0.29) is 17.0 Å². The second-order valence-electron chi connectivity index (χ2n) is 7.51. The Hall–Kier alpha value is -1.82. The van der Waals surface area contributed by atoms with Gasteiger partial charge in [-0.2, -0.15) is 5.10 Å². The van der Waals surface area contributed by atoms with Gasteiger partial charge in [-0.25, -0.2) is 4.39 Å². The van der Waals surface area contributed by atoms with Gasteiger partial charge in [-0.1, -0.05) is 6.07 Å². The van der Waals surface area contributed by atoms with Crippen molar-refractivity contribution in [2.75, 3.05) is 5.32 Å². The van der Waals surface area contributed by atoms with Gasteiger partial charge in [0.25, 0.3) is 0 Å². The van der Waals surface area contributed by atoms with E-state index in [9.17, 15) is 9.18 Å². The number of halogens is 1. The van der Waals surface area contributed by atoms with Gasteiger partial charge in [0.2, 0.25) is 5.91 Å². The summed E-state index contributed by atoms with van der Waals surface area (Å²) in [6.07, 6.45) is 2.28. The van der Waals surface area contributed by atoms with Gasteiger partial charge in [0.15, 0.2) is 0 Å². The molecule has 1 aromatic carbocycles. The summed E-state index contributed by atoms with van der Waals surface area (Å²) in [5, 5.41) is 7.75. The maximum atomic E-state index is 13.6. The molecule has 1 aliphatic carbocycles. The summed E-state index contributed by atoms with van der Waals surface area (Å²) in [5.74, 6) is 0.990. The van der Waals surface area contributed by atoms with Crippen molar-refractivity contribution in [3.63, 3.8) is 0 Å². The van der Waals surface area contributed by atoms with Crippen molar-refractivity contribution >= 4 is 23.5 Å². The zero-order valence-electron chi connectivity index (χ0n) is 14.9. The topological polar surface area (TPSA) is 46.9 Å². The van der Waals surface area contributed by atoms with Crippen LogP contribution in [0, 0.1) is 12.7 Å². The zero-order valence-corrected chi connectivity index (χ0v) is 15.7. The van der Waals surface area contributed by atoms with Gasteiger partial charge in [-0.05, 0) is 56.9 Å². The summed E-state index contributed by atoms with van der Waals surface area (Å²) in [6.45, 7) is 5.81. The minimum absolute atomic E-state index is 0.0219. The first-order valence-corrected chi connectivity index (χ1v) is 9.48. The highest BCUT2D eigenvalue weighted by atomic mass is 32.2. The Bertz CT molecular complexity index is 870. The van der Waals surface area contributed by atoms with E-state index in [0.29, 0.717) is 5.92 Å². The molecule has 1 saturated carbocycles. The van der Waals surface area contributed by atoms with Gasteiger partial charge >= 0.3 is 0 Å². The highest BCUT2D eigenvalue weighted by molar-refractivity contribution is 8.01. The Morgan fingerprint density at radius 3 is 2.72 bits per heavy atom. The van der Waals surface area contributed by atoms with Crippen LogP contribution in [0.5, 0.6) is 0 Å². The first-order chi connectivity index (χ1) is 11.8. The first-order valence-electron chi connectivity index (χ1n) is 8.60. The molecule has 1 unspecified atom stereocenters. The Morgan fingerprint density at radius 2 is 2.08 bits per heavy atom. The van der Waals surface area contributed by atoms with Crippen molar-refractivity contribution in [1.29, 1.82) is 0 Å². The van der Waals surface area contributed by atoms with Crippen LogP contribution in [0.2, 0.25) is 0 Å². The molecule has 25 heavy (non-hydrogen) atoms. The van der Waals surface area contributed by atoms with Gasteiger partial charge in [-0.15, -0.1) is 11.8 Å². The maximum Gasteiger partial charge on any atom is 0.241 e. The molecule has 4 nitrogen and oxygen atoms in total. The number of rotatable bonds is 2. The number of benzene rings is 1. The van der Waals surface area contributed by atoms with Crippen LogP contribution in [0.3, 0.4) is 0 Å². The van der Waals surface area contributed by atoms with Gasteiger partial charge in [-0.3, -0.25) is 9.48 Å². The molecule has 0 saturated heterocycles. The SMILES string of the molecule is Cc1cc(F)ccc1C1SC(C)(C)C(=O)Nc2c1c(C1CC1)nn2C. The Balaban J connectivity index is 1.94. The van der Waals surface area contributed by atoms with E-state index in [2.05, 4.69) is 5.32 Å². The number of amides is 1. The second kappa shape index (κ2) is 5.59. The predicted octanol–water partition coefficient (Wildman–Crippen LogP) is 4.30. The van der Waals surface area contributed by atoms with Crippen molar-refractivity contribution in [2.24, 2.45) is 7.05 Å². The van der Waals surface area contributed by atoms with Crippen LogP contribution in [0.4, 0.5) is 10.2 Å². The van der Waals surface area contributed by atoms with E-state index in [0.717, 1.165) is 41.0 Å². The molecule has 1 amide bonds. The molecule has 1 aromatic heterocycles. The van der Waals surface area contributed by atoms with Crippen LogP contribution >= 0.6 is 11.8 Å². The summed E-state index contributed by atoms with van der Waals surface area (Å²) in [6, 6.07) is 4.92. The van der Waals surface area contributed by atoms with Gasteiger partial charge in [0.05, 0.1) is 15.7 Å². The third-order valence-corrected chi connectivity index (χ3v) is 6.54. The Morgan fingerprint density at radius 1 is 1.36 bits per heavy atom. The predicted molar refractivity (Wildman–Crippen MR) is 98.5 cm³/mol. The third kappa shape index (κ3) is 2.76. The number of anilines is 1. The quantitative estimate of drug-likeness (QED) is 0.870. The van der Waals surface area contributed by atoms with E-state index >= 15 is 0 Å². The van der Waals surface area contributed by atoms with Crippen molar-refractivity contribution in [3.05, 3.63) is 46.4 Å². The third-order valence-electron chi connectivity index (χ3n) is 5.04. The van der Waals surface area contributed by atoms with Gasteiger partial charge in [0.1, 0.15) is 11.6 Å². The van der Waals surface area contributed by atoms with Gasteiger partial charge in [0, 0.05) is 18.5 Å². The van der Waals surface area contributed by atoms with Crippen LogP contribution < -0.4 is 5.32 Å². The molecule has 2 aliphatic rings. The summed E-state index contributed by atoms with van der Waals surface area (Å²) in [4.78, 5) is 12.7. The number of thioether (sulfide) groups is 1. The lowest BCUT2D eigenvalue weighted by Gasteiger charge is -2.26. The fraction of sp³-hybridized carbons (Fsp3) is 0.474. The number of hydrogen-bond acceptors (Lipinski definition) is 3. The van der Waals surface area contributed by atoms with E-state index in [1.807, 2.05) is 33.9 Å². The molecule has 1 atom stereocenters. The lowest BCUT2D eigenvalue weighted by atomic mass is 9.98. The van der Waals surface area contributed by atoms with Crippen LogP contribution in [0.25, 0.3) is 0 Å². The number of fused-ring (bicyclic) bond motifs is 1. The number of carbonyl (C=O) groups excluding carboxylic acids is 1. The number of hydrogen-bond donors (Lipinski definition) is 1. The smallest absolute Gasteiger partial charge is 0.241 e. The van der Waals surface area contributed by atoms with Gasteiger partial charge < -0.3 is 5.32 Å². The minimum Gasteiger partial charge on any atom is -0.309 e. The first kappa shape index (κ1) is 16.6. The van der Waals surface area contributed by atoms with Crippen molar-refractivity contribution in [2.45, 2.75) is 49.5 Å². The highest BCUT2D eigenvalue weighted by Crippen LogP contribution is 2.53. The molecule has 2 heterocycles. The number of aryl methyl sites for hydroxylation is 2. The fourth-order valence-corrected chi connectivity index (χ4v) is 4.93. The van der Waals surface area contributed by atoms with Crippen LogP contribution in [0.15, 0.2) is 18.2 Å². The van der Waals surface area contributed by atoms with Crippen molar-refractivity contribution in [3.8, 4) is 0 Å². The van der Waals surface area contributed by atoms with E-state index < -0.39 is 4.75 Å². The van der Waals surface area contributed by atoms with Crippen LogP contribution in [-0.2, 0) is 11.8 Å². The zero-order chi connectivity index (χ0) is 17.9. The molecule has 6 heteroatoms. The van der Waals surface area contributed by atoms with Crippen molar-refractivity contribution < 1.29 is 9.18 Å². The van der Waals surface area contributed by atoms with E-state index in [1.165, 1.54) is 6.07 Å². The number of nitrogens with zero attached hydrogens (tertiary/aromatic N) is 2. The maximum absolute atomic E-state index is 13.6. The summed E-state index contributed by atoms with van der Waals surface area (Å²) in [7, 11) is 1.88.